The standard InChI is InChI=1S/C13H22N2O3S/c1-8(2)5-11-15-9(3)12(19-11)13(17)14-6-10(16)7-18-4/h8,10,16H,5-7H2,1-4H3,(H,14,17). The van der Waals surface area contributed by atoms with Crippen molar-refractivity contribution in [2.45, 2.75) is 33.3 Å². The van der Waals surface area contributed by atoms with Gasteiger partial charge in [-0.15, -0.1) is 11.3 Å². The molecule has 1 heterocycles. The Morgan fingerprint density at radius 2 is 2.21 bits per heavy atom. The fourth-order valence-electron chi connectivity index (χ4n) is 1.64. The van der Waals surface area contributed by atoms with Gasteiger partial charge in [-0.3, -0.25) is 4.79 Å². The number of aliphatic hydroxyl groups is 1. The Kier molecular flexibility index (Phi) is 6.41. The highest BCUT2D eigenvalue weighted by molar-refractivity contribution is 7.13. The van der Waals surface area contributed by atoms with Gasteiger partial charge in [0.25, 0.3) is 5.91 Å². The first-order chi connectivity index (χ1) is 8.93. The summed E-state index contributed by atoms with van der Waals surface area (Å²) in [4.78, 5) is 17.0. The number of thiazole rings is 1. The van der Waals surface area contributed by atoms with Crippen molar-refractivity contribution >= 4 is 17.2 Å². The SMILES string of the molecule is COCC(O)CNC(=O)c1sc(CC(C)C)nc1C. The van der Waals surface area contributed by atoms with E-state index in [9.17, 15) is 9.90 Å². The van der Waals surface area contributed by atoms with E-state index in [1.165, 1.54) is 18.4 Å². The highest BCUT2D eigenvalue weighted by atomic mass is 32.1. The number of carbonyl (C=O) groups excluding carboxylic acids is 1. The van der Waals surface area contributed by atoms with E-state index < -0.39 is 6.10 Å². The maximum Gasteiger partial charge on any atom is 0.263 e. The first kappa shape index (κ1) is 16.1. The van der Waals surface area contributed by atoms with Crippen LogP contribution in [0.4, 0.5) is 0 Å². The zero-order valence-corrected chi connectivity index (χ0v) is 12.7. The van der Waals surface area contributed by atoms with Crippen LogP contribution in [0.25, 0.3) is 0 Å². The van der Waals surface area contributed by atoms with Gasteiger partial charge in [0.05, 0.1) is 23.4 Å². The minimum absolute atomic E-state index is 0.180. The number of hydrogen-bond donors (Lipinski definition) is 2. The first-order valence-corrected chi connectivity index (χ1v) is 7.17. The summed E-state index contributed by atoms with van der Waals surface area (Å²) < 4.78 is 4.80. The largest absolute Gasteiger partial charge is 0.389 e. The number of ether oxygens (including phenoxy) is 1. The molecule has 0 fully saturated rings. The summed E-state index contributed by atoms with van der Waals surface area (Å²) in [6, 6.07) is 0. The molecule has 0 bridgehead atoms. The molecule has 0 saturated carbocycles. The van der Waals surface area contributed by atoms with Crippen molar-refractivity contribution in [3.8, 4) is 0 Å². The van der Waals surface area contributed by atoms with Gasteiger partial charge in [0, 0.05) is 20.1 Å². The Hall–Kier alpha value is -0.980. The molecule has 0 spiro atoms. The first-order valence-electron chi connectivity index (χ1n) is 6.35. The van der Waals surface area contributed by atoms with Crippen LogP contribution in [0.2, 0.25) is 0 Å². The average molecular weight is 286 g/mol. The molecule has 1 rings (SSSR count). The lowest BCUT2D eigenvalue weighted by Crippen LogP contribution is -2.34. The highest BCUT2D eigenvalue weighted by Gasteiger charge is 2.16. The zero-order valence-electron chi connectivity index (χ0n) is 11.9. The minimum atomic E-state index is -0.683. The summed E-state index contributed by atoms with van der Waals surface area (Å²) in [5, 5.41) is 13.2. The normalized spacial score (nSPS) is 12.7. The summed E-state index contributed by atoms with van der Waals surface area (Å²) in [6.45, 7) is 6.47. The number of aryl methyl sites for hydroxylation is 1. The Bertz CT molecular complexity index is 418. The van der Waals surface area contributed by atoms with Gasteiger partial charge in [-0.2, -0.15) is 0 Å². The molecule has 0 aromatic carbocycles. The average Bonchev–Trinajstić information content (AvgIpc) is 2.66. The number of rotatable bonds is 7. The van der Waals surface area contributed by atoms with E-state index in [1.807, 2.05) is 6.92 Å². The van der Waals surface area contributed by atoms with Crippen molar-refractivity contribution in [2.75, 3.05) is 20.3 Å². The number of amides is 1. The molecular formula is C13H22N2O3S. The molecule has 0 radical (unpaired) electrons. The predicted molar refractivity (Wildman–Crippen MR) is 75.6 cm³/mol. The fourth-order valence-corrected chi connectivity index (χ4v) is 2.83. The van der Waals surface area contributed by atoms with Gasteiger partial charge in [-0.05, 0) is 12.8 Å². The molecule has 5 nitrogen and oxygen atoms in total. The number of carbonyl (C=O) groups is 1. The van der Waals surface area contributed by atoms with E-state index in [0.717, 1.165) is 17.1 Å². The van der Waals surface area contributed by atoms with Crippen molar-refractivity contribution in [1.29, 1.82) is 0 Å². The van der Waals surface area contributed by atoms with Crippen LogP contribution in [-0.2, 0) is 11.2 Å². The van der Waals surface area contributed by atoms with Crippen LogP contribution in [0.3, 0.4) is 0 Å². The molecule has 0 aliphatic rings. The molecule has 1 aromatic heterocycles. The molecule has 1 amide bonds. The number of aliphatic hydroxyl groups excluding tert-OH is 1. The summed E-state index contributed by atoms with van der Waals surface area (Å²) in [5.41, 5.74) is 0.749. The Morgan fingerprint density at radius 3 is 2.79 bits per heavy atom. The van der Waals surface area contributed by atoms with Crippen LogP contribution < -0.4 is 5.32 Å². The molecule has 6 heteroatoms. The van der Waals surface area contributed by atoms with E-state index in [0.29, 0.717) is 10.8 Å². The highest BCUT2D eigenvalue weighted by Crippen LogP contribution is 2.20. The molecule has 0 aliphatic carbocycles. The number of hydrogen-bond acceptors (Lipinski definition) is 5. The molecule has 2 N–H and O–H groups in total. The second-order valence-corrected chi connectivity index (χ2v) is 6.02. The third-order valence-electron chi connectivity index (χ3n) is 2.49. The van der Waals surface area contributed by atoms with E-state index in [-0.39, 0.29) is 19.1 Å². The number of aromatic nitrogens is 1. The fraction of sp³-hybridized carbons (Fsp3) is 0.692. The smallest absolute Gasteiger partial charge is 0.263 e. The molecule has 19 heavy (non-hydrogen) atoms. The van der Waals surface area contributed by atoms with Crippen LogP contribution in [0.15, 0.2) is 0 Å². The third-order valence-corrected chi connectivity index (χ3v) is 3.67. The van der Waals surface area contributed by atoms with Gasteiger partial charge in [0.15, 0.2) is 0 Å². The van der Waals surface area contributed by atoms with Crippen molar-refractivity contribution in [3.63, 3.8) is 0 Å². The van der Waals surface area contributed by atoms with E-state index >= 15 is 0 Å². The van der Waals surface area contributed by atoms with Crippen molar-refractivity contribution in [1.82, 2.24) is 10.3 Å². The lowest BCUT2D eigenvalue weighted by molar-refractivity contribution is 0.0610. The summed E-state index contributed by atoms with van der Waals surface area (Å²) >= 11 is 1.42. The summed E-state index contributed by atoms with van der Waals surface area (Å²) in [6.07, 6.45) is 0.197. The van der Waals surface area contributed by atoms with Crippen LogP contribution in [0.1, 0.15) is 34.2 Å². The number of nitrogens with one attached hydrogen (secondary N) is 1. The summed E-state index contributed by atoms with van der Waals surface area (Å²) in [5.74, 6) is 0.338. The van der Waals surface area contributed by atoms with Crippen LogP contribution in [0.5, 0.6) is 0 Å². The Labute approximate surface area is 118 Å². The van der Waals surface area contributed by atoms with Gasteiger partial charge >= 0.3 is 0 Å². The van der Waals surface area contributed by atoms with E-state index in [1.54, 1.807) is 0 Å². The van der Waals surface area contributed by atoms with Crippen molar-refractivity contribution in [2.24, 2.45) is 5.92 Å². The lowest BCUT2D eigenvalue weighted by Gasteiger charge is -2.10. The van der Waals surface area contributed by atoms with Crippen LogP contribution in [0, 0.1) is 12.8 Å². The van der Waals surface area contributed by atoms with Gasteiger partial charge in [0.2, 0.25) is 0 Å². The maximum absolute atomic E-state index is 12.0. The Morgan fingerprint density at radius 1 is 1.53 bits per heavy atom. The van der Waals surface area contributed by atoms with Crippen molar-refractivity contribution in [3.05, 3.63) is 15.6 Å². The molecule has 108 valence electrons. The second kappa shape index (κ2) is 7.57. The van der Waals surface area contributed by atoms with Crippen LogP contribution in [-0.4, -0.2) is 42.4 Å². The van der Waals surface area contributed by atoms with Crippen LogP contribution >= 0.6 is 11.3 Å². The quantitative estimate of drug-likeness (QED) is 0.794. The van der Waals surface area contributed by atoms with Crippen molar-refractivity contribution < 1.29 is 14.6 Å². The topological polar surface area (TPSA) is 71.5 Å². The molecule has 0 saturated heterocycles. The third kappa shape index (κ3) is 5.26. The second-order valence-electron chi connectivity index (χ2n) is 4.94. The van der Waals surface area contributed by atoms with E-state index in [4.69, 9.17) is 4.74 Å². The van der Waals surface area contributed by atoms with Gasteiger partial charge in [-0.25, -0.2) is 4.98 Å². The molecule has 1 aromatic rings. The molecular weight excluding hydrogens is 264 g/mol. The lowest BCUT2D eigenvalue weighted by atomic mass is 10.1. The number of nitrogens with zero attached hydrogens (tertiary/aromatic N) is 1. The predicted octanol–water partition coefficient (Wildman–Crippen LogP) is 1.39. The van der Waals surface area contributed by atoms with E-state index in [2.05, 4.69) is 24.1 Å². The molecule has 0 aliphatic heterocycles. The Balaban J connectivity index is 2.59. The minimum Gasteiger partial charge on any atom is -0.389 e. The van der Waals surface area contributed by atoms with Gasteiger partial charge in [-0.1, -0.05) is 13.8 Å². The maximum atomic E-state index is 12.0. The molecule has 1 unspecified atom stereocenters. The monoisotopic (exact) mass is 286 g/mol. The van der Waals surface area contributed by atoms with Gasteiger partial charge in [0.1, 0.15) is 4.88 Å². The molecule has 1 atom stereocenters. The number of methoxy groups -OCH3 is 1. The zero-order chi connectivity index (χ0) is 14.4. The van der Waals surface area contributed by atoms with Gasteiger partial charge < -0.3 is 15.2 Å². The summed E-state index contributed by atoms with van der Waals surface area (Å²) in [7, 11) is 1.51.